The molecule has 0 radical (unpaired) electrons. The number of hydrogen-bond acceptors (Lipinski definition) is 4. The van der Waals surface area contributed by atoms with Crippen LogP contribution in [0.3, 0.4) is 0 Å². The minimum Gasteiger partial charge on any atom is -0.394 e. The fourth-order valence-corrected chi connectivity index (χ4v) is 1.76. The van der Waals surface area contributed by atoms with E-state index in [4.69, 9.17) is 10.8 Å². The Hall–Kier alpha value is -1.52. The first-order valence-corrected chi connectivity index (χ1v) is 6.05. The Morgan fingerprint density at radius 1 is 1.28 bits per heavy atom. The van der Waals surface area contributed by atoms with Crippen LogP contribution in [-0.2, 0) is 5.41 Å². The second-order valence-corrected chi connectivity index (χ2v) is 5.54. The average Bonchev–Trinajstić information content (AvgIpc) is 2.35. The summed E-state index contributed by atoms with van der Waals surface area (Å²) in [4.78, 5) is 8.79. The van der Waals surface area contributed by atoms with Crippen molar-refractivity contribution in [1.82, 2.24) is 9.97 Å². The number of aliphatic hydroxyl groups excluding tert-OH is 1. The summed E-state index contributed by atoms with van der Waals surface area (Å²) in [6.07, 6.45) is 1.62. The van der Waals surface area contributed by atoms with Crippen LogP contribution < -0.4 is 5.73 Å². The van der Waals surface area contributed by atoms with Crippen molar-refractivity contribution in [3.63, 3.8) is 0 Å². The summed E-state index contributed by atoms with van der Waals surface area (Å²) in [6, 6.07) is 5.61. The number of benzene rings is 1. The summed E-state index contributed by atoms with van der Waals surface area (Å²) >= 11 is 0. The Morgan fingerprint density at radius 3 is 2.61 bits per heavy atom. The highest BCUT2D eigenvalue weighted by Gasteiger charge is 2.15. The van der Waals surface area contributed by atoms with Crippen molar-refractivity contribution in [3.8, 4) is 0 Å². The predicted octanol–water partition coefficient (Wildman–Crippen LogP) is 1.92. The molecular formula is C14H19N3O. The van der Waals surface area contributed by atoms with Crippen molar-refractivity contribution >= 4 is 11.0 Å². The second kappa shape index (κ2) is 4.63. The van der Waals surface area contributed by atoms with Crippen LogP contribution in [0.25, 0.3) is 11.0 Å². The third-order valence-electron chi connectivity index (χ3n) is 3.00. The fourth-order valence-electron chi connectivity index (χ4n) is 1.76. The number of fused-ring (bicyclic) bond motifs is 1. The van der Waals surface area contributed by atoms with Gasteiger partial charge in [0, 0.05) is 0 Å². The van der Waals surface area contributed by atoms with E-state index in [0.717, 1.165) is 11.0 Å². The lowest BCUT2D eigenvalue weighted by Gasteiger charge is -2.19. The first kappa shape index (κ1) is 12.9. The molecule has 0 amide bonds. The Balaban J connectivity index is 2.53. The Bertz CT molecular complexity index is 560. The molecule has 0 saturated heterocycles. The fraction of sp³-hybridized carbons (Fsp3) is 0.429. The molecule has 1 atom stereocenters. The van der Waals surface area contributed by atoms with Crippen LogP contribution >= 0.6 is 0 Å². The van der Waals surface area contributed by atoms with Gasteiger partial charge in [-0.05, 0) is 23.1 Å². The number of aliphatic hydroxyl groups is 1. The molecule has 0 unspecified atom stereocenters. The molecule has 96 valence electrons. The van der Waals surface area contributed by atoms with Crippen molar-refractivity contribution < 1.29 is 5.11 Å². The normalized spacial score (nSPS) is 13.8. The van der Waals surface area contributed by atoms with Crippen molar-refractivity contribution in [2.75, 3.05) is 6.61 Å². The van der Waals surface area contributed by atoms with E-state index in [2.05, 4.69) is 36.8 Å². The maximum atomic E-state index is 9.05. The van der Waals surface area contributed by atoms with Crippen LogP contribution in [0.5, 0.6) is 0 Å². The number of nitrogens with two attached hydrogens (primary N) is 1. The van der Waals surface area contributed by atoms with Crippen molar-refractivity contribution in [2.24, 2.45) is 5.73 Å². The lowest BCUT2D eigenvalue weighted by atomic mass is 9.87. The number of aromatic nitrogens is 2. The minimum absolute atomic E-state index is 0.0744. The van der Waals surface area contributed by atoms with E-state index in [1.165, 1.54) is 5.56 Å². The number of nitrogens with zero attached hydrogens (tertiary/aromatic N) is 2. The summed E-state index contributed by atoms with van der Waals surface area (Å²) in [6.45, 7) is 6.35. The molecule has 0 aliphatic heterocycles. The van der Waals surface area contributed by atoms with Gasteiger partial charge >= 0.3 is 0 Å². The highest BCUT2D eigenvalue weighted by atomic mass is 16.3. The lowest BCUT2D eigenvalue weighted by molar-refractivity contribution is 0.266. The van der Waals surface area contributed by atoms with Gasteiger partial charge in [0.05, 0.1) is 35.6 Å². The zero-order valence-corrected chi connectivity index (χ0v) is 11.0. The van der Waals surface area contributed by atoms with E-state index in [1.54, 1.807) is 6.20 Å². The molecule has 4 nitrogen and oxygen atoms in total. The summed E-state index contributed by atoms with van der Waals surface area (Å²) in [7, 11) is 0. The van der Waals surface area contributed by atoms with E-state index in [-0.39, 0.29) is 12.0 Å². The quantitative estimate of drug-likeness (QED) is 0.848. The molecule has 2 aromatic rings. The van der Waals surface area contributed by atoms with E-state index in [1.807, 2.05) is 12.1 Å². The van der Waals surface area contributed by atoms with Gasteiger partial charge in [0.2, 0.25) is 0 Å². The zero-order chi connectivity index (χ0) is 13.3. The molecule has 0 aliphatic rings. The molecule has 0 fully saturated rings. The first-order valence-electron chi connectivity index (χ1n) is 6.05. The van der Waals surface area contributed by atoms with Gasteiger partial charge in [0.25, 0.3) is 0 Å². The van der Waals surface area contributed by atoms with Crippen LogP contribution in [0.4, 0.5) is 0 Å². The zero-order valence-electron chi connectivity index (χ0n) is 11.0. The maximum Gasteiger partial charge on any atom is 0.0893 e. The molecule has 2 rings (SSSR count). The van der Waals surface area contributed by atoms with Crippen LogP contribution in [0.15, 0.2) is 24.4 Å². The Kier molecular flexibility index (Phi) is 3.32. The minimum atomic E-state index is -0.472. The third kappa shape index (κ3) is 2.49. The number of rotatable bonds is 2. The molecule has 0 spiro atoms. The largest absolute Gasteiger partial charge is 0.394 e. The van der Waals surface area contributed by atoms with E-state index >= 15 is 0 Å². The topological polar surface area (TPSA) is 72.0 Å². The third-order valence-corrected chi connectivity index (χ3v) is 3.00. The van der Waals surface area contributed by atoms with Crippen molar-refractivity contribution in [3.05, 3.63) is 35.7 Å². The second-order valence-electron chi connectivity index (χ2n) is 5.54. The molecule has 0 bridgehead atoms. The maximum absolute atomic E-state index is 9.05. The molecule has 4 heteroatoms. The van der Waals surface area contributed by atoms with E-state index < -0.39 is 6.04 Å². The molecule has 0 aliphatic carbocycles. The Morgan fingerprint density at radius 2 is 2.00 bits per heavy atom. The molecule has 3 N–H and O–H groups in total. The summed E-state index contributed by atoms with van der Waals surface area (Å²) in [5.74, 6) is 0. The monoisotopic (exact) mass is 245 g/mol. The highest BCUT2D eigenvalue weighted by molar-refractivity contribution is 5.75. The van der Waals surface area contributed by atoms with Crippen molar-refractivity contribution in [2.45, 2.75) is 32.2 Å². The molecular weight excluding hydrogens is 226 g/mol. The molecule has 1 aromatic carbocycles. The van der Waals surface area contributed by atoms with E-state index in [9.17, 15) is 0 Å². The summed E-state index contributed by atoms with van der Waals surface area (Å²) in [5.41, 5.74) is 9.33. The van der Waals surface area contributed by atoms with Gasteiger partial charge < -0.3 is 10.8 Å². The van der Waals surface area contributed by atoms with Crippen LogP contribution in [-0.4, -0.2) is 21.7 Å². The SMILES string of the molecule is CC(C)(C)c1ccc2ncc([C@@H](N)CO)nc2c1. The molecule has 1 heterocycles. The van der Waals surface area contributed by atoms with Gasteiger partial charge in [-0.2, -0.15) is 0 Å². The van der Waals surface area contributed by atoms with Gasteiger partial charge in [0.1, 0.15) is 0 Å². The summed E-state index contributed by atoms with van der Waals surface area (Å²) in [5, 5.41) is 9.05. The van der Waals surface area contributed by atoms with Crippen LogP contribution in [0.2, 0.25) is 0 Å². The highest BCUT2D eigenvalue weighted by Crippen LogP contribution is 2.25. The standard InChI is InChI=1S/C14H19N3O/c1-14(2,3)9-4-5-11-12(6-9)17-13(7-16-11)10(15)8-18/h4-7,10,18H,8,15H2,1-3H3/t10-/m0/s1. The van der Waals surface area contributed by atoms with E-state index in [0.29, 0.717) is 5.69 Å². The van der Waals surface area contributed by atoms with Gasteiger partial charge in [-0.3, -0.25) is 4.98 Å². The lowest BCUT2D eigenvalue weighted by Crippen LogP contribution is -2.16. The van der Waals surface area contributed by atoms with Gasteiger partial charge in [-0.1, -0.05) is 26.8 Å². The average molecular weight is 245 g/mol. The van der Waals surface area contributed by atoms with Crippen LogP contribution in [0, 0.1) is 0 Å². The summed E-state index contributed by atoms with van der Waals surface area (Å²) < 4.78 is 0. The van der Waals surface area contributed by atoms with Crippen LogP contribution in [0.1, 0.15) is 38.1 Å². The van der Waals surface area contributed by atoms with Gasteiger partial charge in [-0.25, -0.2) is 4.98 Å². The number of hydrogen-bond donors (Lipinski definition) is 2. The molecule has 0 saturated carbocycles. The first-order chi connectivity index (χ1) is 8.41. The van der Waals surface area contributed by atoms with Gasteiger partial charge in [-0.15, -0.1) is 0 Å². The smallest absolute Gasteiger partial charge is 0.0893 e. The van der Waals surface area contributed by atoms with Crippen molar-refractivity contribution in [1.29, 1.82) is 0 Å². The molecule has 1 aromatic heterocycles. The molecule has 18 heavy (non-hydrogen) atoms. The predicted molar refractivity (Wildman–Crippen MR) is 72.3 cm³/mol. The Labute approximate surface area is 107 Å². The van der Waals surface area contributed by atoms with Gasteiger partial charge in [0.15, 0.2) is 0 Å².